The molecule has 0 aromatic rings. The van der Waals surface area contributed by atoms with Crippen molar-refractivity contribution in [1.82, 2.24) is 24.9 Å². The number of hydrogen-bond donors (Lipinski definition) is 1. The average molecular weight is 574 g/mol. The van der Waals surface area contributed by atoms with Gasteiger partial charge in [-0.1, -0.05) is 53.7 Å². The second-order valence-electron chi connectivity index (χ2n) is 13.5. The lowest BCUT2D eigenvalue weighted by atomic mass is 9.84. The zero-order valence-electron chi connectivity index (χ0n) is 27.2. The van der Waals surface area contributed by atoms with Crippen LogP contribution < -0.4 is 5.32 Å². The van der Waals surface area contributed by atoms with Crippen molar-refractivity contribution < 1.29 is 19.2 Å². The molecule has 2 saturated heterocycles. The molecule has 9 heteroatoms. The van der Waals surface area contributed by atoms with Gasteiger partial charge in [0.25, 0.3) is 0 Å². The van der Waals surface area contributed by atoms with Gasteiger partial charge in [-0.05, 0) is 70.5 Å². The van der Waals surface area contributed by atoms with Crippen molar-refractivity contribution in [3.63, 3.8) is 0 Å². The van der Waals surface area contributed by atoms with Crippen LogP contribution in [0.2, 0.25) is 0 Å². The Morgan fingerprint density at radius 2 is 1.56 bits per heavy atom. The number of nitrogens with zero attached hydrogens (tertiary/aromatic N) is 4. The molecular weight excluding hydrogens is 518 g/mol. The number of hydrogen-bond acceptors (Lipinski definition) is 5. The van der Waals surface area contributed by atoms with Crippen molar-refractivity contribution in [2.75, 3.05) is 27.2 Å². The zero-order chi connectivity index (χ0) is 31.2. The molecule has 0 spiro atoms. The van der Waals surface area contributed by atoms with Crippen LogP contribution in [-0.4, -0.2) is 101 Å². The van der Waals surface area contributed by atoms with Crippen LogP contribution in [0.4, 0.5) is 0 Å². The predicted octanol–water partition coefficient (Wildman–Crippen LogP) is 3.80. The van der Waals surface area contributed by atoms with Gasteiger partial charge in [-0.25, -0.2) is 0 Å². The van der Waals surface area contributed by atoms with Gasteiger partial charge in [-0.3, -0.25) is 24.1 Å². The molecule has 232 valence electrons. The van der Waals surface area contributed by atoms with E-state index in [4.69, 9.17) is 0 Å². The molecule has 2 fully saturated rings. The van der Waals surface area contributed by atoms with E-state index in [2.05, 4.69) is 30.6 Å². The van der Waals surface area contributed by atoms with Crippen molar-refractivity contribution >= 4 is 23.6 Å². The minimum Gasteiger partial charge on any atom is -0.342 e. The Kier molecular flexibility index (Phi) is 12.2. The number of likely N-dealkylation sites (N-methyl/N-ethyl adjacent to an activating group) is 2. The molecule has 0 saturated carbocycles. The Morgan fingerprint density at radius 3 is 2.10 bits per heavy atom. The number of rotatable bonds is 10. The number of amides is 4. The first-order valence-corrected chi connectivity index (χ1v) is 15.2. The molecule has 2 unspecified atom stereocenters. The molecule has 1 N–H and O–H groups in total. The number of carbonyl (C=O) groups excluding carboxylic acids is 4. The van der Waals surface area contributed by atoms with Crippen LogP contribution in [0.1, 0.15) is 87.5 Å². The standard InChI is InChI=1S/C32H55N5O4/c1-12-34(10)30(40)25-17-15-19-37(25)29(39)23(6)20-26(21(2)3)35(11)31(41)27(32(7,8)9)33-28(38)24-16-13-14-18-36(24)22(4)5/h12,20-22,24-27H,1,13-19H2,2-11H3,(H,33,38)/b23-20+/t24-,25?,26-,27?/m1/s1. The summed E-state index contributed by atoms with van der Waals surface area (Å²) >= 11 is 0. The molecule has 2 heterocycles. The lowest BCUT2D eigenvalue weighted by Gasteiger charge is -2.41. The summed E-state index contributed by atoms with van der Waals surface area (Å²) in [7, 11) is 3.39. The fourth-order valence-corrected chi connectivity index (χ4v) is 5.99. The van der Waals surface area contributed by atoms with E-state index < -0.39 is 17.5 Å². The van der Waals surface area contributed by atoms with Gasteiger partial charge in [0.05, 0.1) is 12.1 Å². The lowest BCUT2D eigenvalue weighted by molar-refractivity contribution is -0.142. The summed E-state index contributed by atoms with van der Waals surface area (Å²) in [6.45, 7) is 20.9. The highest BCUT2D eigenvalue weighted by atomic mass is 16.2. The van der Waals surface area contributed by atoms with Crippen molar-refractivity contribution in [2.24, 2.45) is 11.3 Å². The van der Waals surface area contributed by atoms with Gasteiger partial charge in [0.2, 0.25) is 23.6 Å². The van der Waals surface area contributed by atoms with Gasteiger partial charge in [0.15, 0.2) is 0 Å². The van der Waals surface area contributed by atoms with Gasteiger partial charge < -0.3 is 20.0 Å². The summed E-state index contributed by atoms with van der Waals surface area (Å²) in [6.07, 6.45) is 7.52. The number of carbonyl (C=O) groups is 4. The van der Waals surface area contributed by atoms with Crippen LogP contribution in [0.15, 0.2) is 24.4 Å². The maximum Gasteiger partial charge on any atom is 0.249 e. The smallest absolute Gasteiger partial charge is 0.249 e. The van der Waals surface area contributed by atoms with Crippen molar-refractivity contribution in [1.29, 1.82) is 0 Å². The summed E-state index contributed by atoms with van der Waals surface area (Å²) in [5.41, 5.74) is -0.0233. The Hall–Kier alpha value is -2.68. The Morgan fingerprint density at radius 1 is 0.951 bits per heavy atom. The van der Waals surface area contributed by atoms with E-state index in [1.165, 1.54) is 11.1 Å². The highest BCUT2D eigenvalue weighted by molar-refractivity contribution is 5.97. The Bertz CT molecular complexity index is 999. The fraction of sp³-hybridized carbons (Fsp3) is 0.750. The second kappa shape index (κ2) is 14.5. The topological polar surface area (TPSA) is 93.3 Å². The Balaban J connectivity index is 2.28. The summed E-state index contributed by atoms with van der Waals surface area (Å²) < 4.78 is 0. The largest absolute Gasteiger partial charge is 0.342 e. The van der Waals surface area contributed by atoms with Crippen LogP contribution in [-0.2, 0) is 19.2 Å². The van der Waals surface area contributed by atoms with Gasteiger partial charge in [-0.2, -0.15) is 0 Å². The SMILES string of the molecule is C=CN(C)C(=O)C1CCCN1C(=O)/C(C)=C/[C@H](C(C)C)N(C)C(=O)C(NC(=O)[C@H]1CCCCN1C(C)C)C(C)(C)C. The maximum absolute atomic E-state index is 14.0. The highest BCUT2D eigenvalue weighted by Crippen LogP contribution is 2.27. The van der Waals surface area contributed by atoms with E-state index in [-0.39, 0.29) is 47.7 Å². The molecule has 9 nitrogen and oxygen atoms in total. The first-order chi connectivity index (χ1) is 19.0. The summed E-state index contributed by atoms with van der Waals surface area (Å²) in [6, 6.07) is -1.62. The number of nitrogens with one attached hydrogen (secondary N) is 1. The predicted molar refractivity (Wildman–Crippen MR) is 164 cm³/mol. The lowest BCUT2D eigenvalue weighted by Crippen LogP contribution is -2.60. The summed E-state index contributed by atoms with van der Waals surface area (Å²) in [5, 5.41) is 3.12. The van der Waals surface area contributed by atoms with E-state index in [0.717, 1.165) is 32.2 Å². The third-order valence-corrected chi connectivity index (χ3v) is 8.57. The molecule has 2 aliphatic heterocycles. The summed E-state index contributed by atoms with van der Waals surface area (Å²) in [4.78, 5) is 60.9. The molecule has 0 aromatic carbocycles. The third kappa shape index (κ3) is 8.43. The molecule has 4 atom stereocenters. The molecule has 0 aromatic heterocycles. The number of piperidine rings is 1. The number of likely N-dealkylation sites (tertiary alicyclic amines) is 2. The van der Waals surface area contributed by atoms with E-state index in [0.29, 0.717) is 18.5 Å². The molecule has 4 amide bonds. The van der Waals surface area contributed by atoms with Crippen molar-refractivity contribution in [3.05, 3.63) is 24.4 Å². The van der Waals surface area contributed by atoms with Gasteiger partial charge in [-0.15, -0.1) is 0 Å². The van der Waals surface area contributed by atoms with Crippen LogP contribution in [0.3, 0.4) is 0 Å². The molecule has 0 aliphatic carbocycles. The molecule has 0 bridgehead atoms. The Labute approximate surface area is 248 Å². The average Bonchev–Trinajstić information content (AvgIpc) is 3.41. The van der Waals surface area contributed by atoms with E-state index in [1.54, 1.807) is 30.8 Å². The van der Waals surface area contributed by atoms with Gasteiger partial charge in [0, 0.05) is 32.3 Å². The van der Waals surface area contributed by atoms with Crippen molar-refractivity contribution in [3.8, 4) is 0 Å². The first-order valence-electron chi connectivity index (χ1n) is 15.2. The molecule has 2 aliphatic rings. The molecular formula is C32H55N5O4. The molecule has 0 radical (unpaired) electrons. The van der Waals surface area contributed by atoms with Crippen LogP contribution in [0.25, 0.3) is 0 Å². The summed E-state index contributed by atoms with van der Waals surface area (Å²) in [5.74, 6) is -0.617. The van der Waals surface area contributed by atoms with Crippen LogP contribution in [0.5, 0.6) is 0 Å². The van der Waals surface area contributed by atoms with E-state index in [9.17, 15) is 19.2 Å². The van der Waals surface area contributed by atoms with E-state index in [1.807, 2.05) is 40.7 Å². The maximum atomic E-state index is 14.0. The van der Waals surface area contributed by atoms with Crippen molar-refractivity contribution in [2.45, 2.75) is 118 Å². The van der Waals surface area contributed by atoms with Crippen LogP contribution >= 0.6 is 0 Å². The fourth-order valence-electron chi connectivity index (χ4n) is 5.99. The third-order valence-electron chi connectivity index (χ3n) is 8.57. The molecule has 2 rings (SSSR count). The minimum absolute atomic E-state index is 0.0145. The zero-order valence-corrected chi connectivity index (χ0v) is 27.2. The highest BCUT2D eigenvalue weighted by Gasteiger charge is 2.40. The monoisotopic (exact) mass is 573 g/mol. The second-order valence-corrected chi connectivity index (χ2v) is 13.5. The first kappa shape index (κ1) is 34.5. The van der Waals surface area contributed by atoms with Gasteiger partial charge in [0.1, 0.15) is 12.1 Å². The van der Waals surface area contributed by atoms with E-state index >= 15 is 0 Å². The minimum atomic E-state index is -0.725. The quantitative estimate of drug-likeness (QED) is 0.402. The van der Waals surface area contributed by atoms with Gasteiger partial charge >= 0.3 is 0 Å². The normalized spacial score (nSPS) is 22.0. The van der Waals surface area contributed by atoms with Crippen LogP contribution in [0, 0.1) is 11.3 Å². The molecule has 41 heavy (non-hydrogen) atoms.